The molecule has 1 aromatic heterocycles. The molecule has 0 fully saturated rings. The molecule has 0 spiro atoms. The van der Waals surface area contributed by atoms with Crippen LogP contribution >= 0.6 is 0 Å². The van der Waals surface area contributed by atoms with E-state index < -0.39 is 11.7 Å². The molecular formula is C20H18O7. The minimum Gasteiger partial charge on any atom is -0.490 e. The molecule has 0 aliphatic carbocycles. The summed E-state index contributed by atoms with van der Waals surface area (Å²) in [4.78, 5) is 35.1. The number of carbonyl (C=O) groups is 2. The molecule has 140 valence electrons. The standard InChI is InChI=1S/C20H18O7/c1-11(8-14-9-12(2)20(23)26-14)15(21)10-25-16-6-4-13-5-7-17(22)27-18(13)19(16)24-3/h4-7,9,14H,1,8,10H2,2-3H3/t14-/m1/s1. The Hall–Kier alpha value is -3.35. The summed E-state index contributed by atoms with van der Waals surface area (Å²) in [5, 5.41) is 0.666. The Bertz CT molecular complexity index is 1010. The minimum absolute atomic E-state index is 0.203. The van der Waals surface area contributed by atoms with E-state index in [1.165, 1.54) is 13.2 Å². The molecule has 0 amide bonds. The van der Waals surface area contributed by atoms with Crippen LogP contribution in [0.4, 0.5) is 0 Å². The molecule has 0 unspecified atom stereocenters. The second kappa shape index (κ2) is 7.49. The van der Waals surface area contributed by atoms with Crippen molar-refractivity contribution in [1.82, 2.24) is 0 Å². The van der Waals surface area contributed by atoms with Crippen molar-refractivity contribution in [2.24, 2.45) is 0 Å². The molecule has 0 saturated carbocycles. The van der Waals surface area contributed by atoms with Gasteiger partial charge >= 0.3 is 11.6 Å². The second-order valence-corrected chi connectivity index (χ2v) is 6.08. The van der Waals surface area contributed by atoms with Crippen LogP contribution in [0.2, 0.25) is 0 Å². The zero-order valence-corrected chi connectivity index (χ0v) is 14.9. The van der Waals surface area contributed by atoms with E-state index in [1.54, 1.807) is 31.2 Å². The van der Waals surface area contributed by atoms with Gasteiger partial charge in [0, 0.05) is 23.4 Å². The van der Waals surface area contributed by atoms with Gasteiger partial charge in [-0.2, -0.15) is 0 Å². The lowest BCUT2D eigenvalue weighted by molar-refractivity contribution is -0.139. The summed E-state index contributed by atoms with van der Waals surface area (Å²) in [5.41, 5.74) is 0.521. The smallest absolute Gasteiger partial charge is 0.336 e. The fourth-order valence-corrected chi connectivity index (χ4v) is 2.71. The number of fused-ring (bicyclic) bond motifs is 1. The number of hydrogen-bond donors (Lipinski definition) is 0. The summed E-state index contributed by atoms with van der Waals surface area (Å²) in [5.74, 6) is -0.227. The summed E-state index contributed by atoms with van der Waals surface area (Å²) in [6.07, 6.45) is 1.38. The van der Waals surface area contributed by atoms with E-state index in [0.29, 0.717) is 11.0 Å². The molecule has 1 aliphatic heterocycles. The Morgan fingerprint density at radius 2 is 1.96 bits per heavy atom. The van der Waals surface area contributed by atoms with Gasteiger partial charge in [0.05, 0.1) is 7.11 Å². The third-order valence-electron chi connectivity index (χ3n) is 4.13. The van der Waals surface area contributed by atoms with E-state index >= 15 is 0 Å². The molecule has 27 heavy (non-hydrogen) atoms. The highest BCUT2D eigenvalue weighted by Crippen LogP contribution is 2.34. The van der Waals surface area contributed by atoms with Crippen molar-refractivity contribution in [3.05, 3.63) is 58.5 Å². The summed E-state index contributed by atoms with van der Waals surface area (Å²) in [6.45, 7) is 5.12. The number of hydrogen-bond acceptors (Lipinski definition) is 7. The molecule has 2 heterocycles. The molecule has 1 aromatic carbocycles. The van der Waals surface area contributed by atoms with Gasteiger partial charge in [-0.05, 0) is 36.8 Å². The van der Waals surface area contributed by atoms with Crippen LogP contribution in [0.5, 0.6) is 11.5 Å². The topological polar surface area (TPSA) is 92.0 Å². The Kier molecular flexibility index (Phi) is 5.12. The highest BCUT2D eigenvalue weighted by molar-refractivity contribution is 5.96. The van der Waals surface area contributed by atoms with Crippen LogP contribution < -0.4 is 15.1 Å². The van der Waals surface area contributed by atoms with Crippen LogP contribution in [0, 0.1) is 0 Å². The van der Waals surface area contributed by atoms with Gasteiger partial charge in [0.1, 0.15) is 6.10 Å². The number of ketones is 1. The van der Waals surface area contributed by atoms with Gasteiger partial charge in [0.25, 0.3) is 0 Å². The lowest BCUT2D eigenvalue weighted by Gasteiger charge is -2.13. The van der Waals surface area contributed by atoms with Gasteiger partial charge in [-0.3, -0.25) is 4.79 Å². The first-order valence-electron chi connectivity index (χ1n) is 8.23. The lowest BCUT2D eigenvalue weighted by Crippen LogP contribution is -2.18. The van der Waals surface area contributed by atoms with E-state index in [0.717, 1.165) is 0 Å². The lowest BCUT2D eigenvalue weighted by atomic mass is 10.1. The molecule has 2 aromatic rings. The van der Waals surface area contributed by atoms with Gasteiger partial charge in [-0.15, -0.1) is 0 Å². The molecule has 7 nitrogen and oxygen atoms in total. The molecule has 0 saturated heterocycles. The van der Waals surface area contributed by atoms with Gasteiger partial charge in [-0.25, -0.2) is 9.59 Å². The monoisotopic (exact) mass is 370 g/mol. The van der Waals surface area contributed by atoms with E-state index in [1.807, 2.05) is 0 Å². The van der Waals surface area contributed by atoms with E-state index in [9.17, 15) is 14.4 Å². The average Bonchev–Trinajstić information content (AvgIpc) is 2.96. The Morgan fingerprint density at radius 3 is 2.63 bits per heavy atom. The quantitative estimate of drug-likeness (QED) is 0.420. The first-order chi connectivity index (χ1) is 12.9. The van der Waals surface area contributed by atoms with E-state index in [-0.39, 0.29) is 47.4 Å². The number of esters is 1. The van der Waals surface area contributed by atoms with Crippen molar-refractivity contribution in [3.63, 3.8) is 0 Å². The van der Waals surface area contributed by atoms with Gasteiger partial charge in [0.2, 0.25) is 5.75 Å². The van der Waals surface area contributed by atoms with E-state index in [4.69, 9.17) is 18.6 Å². The maximum absolute atomic E-state index is 12.3. The molecular weight excluding hydrogens is 352 g/mol. The summed E-state index contributed by atoms with van der Waals surface area (Å²) in [7, 11) is 1.42. The zero-order valence-electron chi connectivity index (χ0n) is 14.9. The number of ether oxygens (including phenoxy) is 3. The third kappa shape index (κ3) is 3.92. The van der Waals surface area contributed by atoms with Crippen molar-refractivity contribution >= 4 is 22.7 Å². The molecule has 0 bridgehead atoms. The van der Waals surface area contributed by atoms with Crippen LogP contribution in [0.15, 0.2) is 57.3 Å². The van der Waals surface area contributed by atoms with Crippen LogP contribution in [0.25, 0.3) is 11.0 Å². The van der Waals surface area contributed by atoms with Crippen LogP contribution in [-0.2, 0) is 14.3 Å². The number of cyclic esters (lactones) is 1. The minimum atomic E-state index is -0.517. The second-order valence-electron chi connectivity index (χ2n) is 6.08. The van der Waals surface area contributed by atoms with Gasteiger partial charge in [0.15, 0.2) is 23.7 Å². The summed E-state index contributed by atoms with van der Waals surface area (Å²) in [6, 6.07) is 6.24. The number of methoxy groups -OCH3 is 1. The van der Waals surface area contributed by atoms with Crippen molar-refractivity contribution in [2.75, 3.05) is 13.7 Å². The Morgan fingerprint density at radius 1 is 1.22 bits per heavy atom. The predicted molar refractivity (Wildman–Crippen MR) is 96.9 cm³/mol. The molecule has 7 heteroatoms. The van der Waals surface area contributed by atoms with E-state index in [2.05, 4.69) is 6.58 Å². The zero-order chi connectivity index (χ0) is 19.6. The van der Waals surface area contributed by atoms with Gasteiger partial charge in [-0.1, -0.05) is 6.58 Å². The molecule has 1 aliphatic rings. The fourth-order valence-electron chi connectivity index (χ4n) is 2.71. The Balaban J connectivity index is 1.69. The Labute approximate surface area is 154 Å². The maximum Gasteiger partial charge on any atom is 0.336 e. The number of benzene rings is 1. The number of rotatable bonds is 7. The largest absolute Gasteiger partial charge is 0.490 e. The molecule has 0 radical (unpaired) electrons. The average molecular weight is 370 g/mol. The molecule has 3 rings (SSSR count). The maximum atomic E-state index is 12.3. The van der Waals surface area contributed by atoms with Crippen molar-refractivity contribution < 1.29 is 28.2 Å². The van der Waals surface area contributed by atoms with Crippen molar-refractivity contribution in [1.29, 1.82) is 0 Å². The number of carbonyl (C=O) groups excluding carboxylic acids is 2. The number of Topliss-reactive ketones (excluding diaryl/α,β-unsaturated/α-hetero) is 1. The van der Waals surface area contributed by atoms with Crippen molar-refractivity contribution in [3.8, 4) is 11.5 Å². The fraction of sp³-hybridized carbons (Fsp3) is 0.250. The van der Waals surface area contributed by atoms with Gasteiger partial charge < -0.3 is 18.6 Å². The summed E-state index contributed by atoms with van der Waals surface area (Å²) >= 11 is 0. The first kappa shape index (κ1) is 18.4. The van der Waals surface area contributed by atoms with Crippen LogP contribution in [-0.4, -0.2) is 31.6 Å². The molecule has 0 N–H and O–H groups in total. The predicted octanol–water partition coefficient (Wildman–Crippen LogP) is 2.57. The summed E-state index contributed by atoms with van der Waals surface area (Å²) < 4.78 is 21.1. The highest BCUT2D eigenvalue weighted by atomic mass is 16.5. The normalized spacial score (nSPS) is 16.0. The molecule has 1 atom stereocenters. The SMILES string of the molecule is C=C(C[C@@H]1C=C(C)C(=O)O1)C(=O)COc1ccc2ccc(=O)oc2c1OC. The van der Waals surface area contributed by atoms with Crippen LogP contribution in [0.1, 0.15) is 13.3 Å². The highest BCUT2D eigenvalue weighted by Gasteiger charge is 2.24. The first-order valence-corrected chi connectivity index (χ1v) is 8.23. The third-order valence-corrected chi connectivity index (χ3v) is 4.13. The van der Waals surface area contributed by atoms with Crippen LogP contribution in [0.3, 0.4) is 0 Å². The van der Waals surface area contributed by atoms with Crippen molar-refractivity contribution in [2.45, 2.75) is 19.4 Å².